The van der Waals surface area contributed by atoms with Crippen LogP contribution < -0.4 is 4.57 Å². The summed E-state index contributed by atoms with van der Waals surface area (Å²) in [6.07, 6.45) is 6.33. The molecule has 0 N–H and O–H groups in total. The van der Waals surface area contributed by atoms with Crippen molar-refractivity contribution >= 4 is 11.6 Å². The molecule has 2 aromatic carbocycles. The summed E-state index contributed by atoms with van der Waals surface area (Å²) < 4.78 is 2.05. The summed E-state index contributed by atoms with van der Waals surface area (Å²) in [6, 6.07) is 16.5. The van der Waals surface area contributed by atoms with Crippen molar-refractivity contribution in [2.45, 2.75) is 46.6 Å². The molecule has 0 radical (unpaired) electrons. The molecule has 0 aliphatic heterocycles. The van der Waals surface area contributed by atoms with E-state index in [0.717, 1.165) is 36.1 Å². The van der Waals surface area contributed by atoms with Crippen LogP contribution in [-0.2, 0) is 19.4 Å². The van der Waals surface area contributed by atoms with Crippen molar-refractivity contribution < 1.29 is 14.2 Å². The highest BCUT2D eigenvalue weighted by molar-refractivity contribution is 6.01. The minimum Gasteiger partial charge on any atom is -0.294 e. The van der Waals surface area contributed by atoms with Crippen LogP contribution >= 0.6 is 0 Å². The van der Waals surface area contributed by atoms with E-state index in [1.54, 1.807) is 6.92 Å². The molecule has 1 heterocycles. The smallest absolute Gasteiger partial charge is 0.180 e. The molecule has 3 aromatic rings. The third-order valence-corrected chi connectivity index (χ3v) is 6.10. The van der Waals surface area contributed by atoms with Gasteiger partial charge in [0.05, 0.1) is 5.56 Å². The largest absolute Gasteiger partial charge is 0.294 e. The molecule has 3 heteroatoms. The van der Waals surface area contributed by atoms with Crippen LogP contribution in [0.15, 0.2) is 60.9 Å². The summed E-state index contributed by atoms with van der Waals surface area (Å²) in [4.78, 5) is 25.4. The second kappa shape index (κ2) is 8.35. The van der Waals surface area contributed by atoms with Gasteiger partial charge in [-0.25, -0.2) is 4.57 Å². The fraction of sp³-hybridized carbons (Fsp3) is 0.296. The van der Waals surface area contributed by atoms with Crippen molar-refractivity contribution in [1.82, 2.24) is 0 Å². The summed E-state index contributed by atoms with van der Waals surface area (Å²) in [5.74, 6) is 0.191. The molecule has 1 aliphatic carbocycles. The Balaban J connectivity index is 1.56. The number of ketones is 2. The van der Waals surface area contributed by atoms with Gasteiger partial charge in [-0.1, -0.05) is 53.6 Å². The van der Waals surface area contributed by atoms with E-state index >= 15 is 0 Å². The van der Waals surface area contributed by atoms with E-state index in [2.05, 4.69) is 44.2 Å². The molecule has 1 aromatic heterocycles. The highest BCUT2D eigenvalue weighted by atomic mass is 16.1. The first-order valence-corrected chi connectivity index (χ1v) is 10.6. The van der Waals surface area contributed by atoms with Gasteiger partial charge in [-0.15, -0.1) is 0 Å². The van der Waals surface area contributed by atoms with Gasteiger partial charge in [-0.05, 0) is 51.2 Å². The molecule has 0 fully saturated rings. The number of fused-ring (bicyclic) bond motifs is 1. The average molecular weight is 399 g/mol. The second-order valence-electron chi connectivity index (χ2n) is 8.56. The van der Waals surface area contributed by atoms with Crippen LogP contribution in [0.3, 0.4) is 0 Å². The SMILES string of the molecule is CC(=O)c1c[n+](Cc2ccc(C)cc2)ccc1CC1CCc2cc(C)ccc2C1=O. The van der Waals surface area contributed by atoms with Crippen molar-refractivity contribution in [3.63, 3.8) is 0 Å². The predicted molar refractivity (Wildman–Crippen MR) is 118 cm³/mol. The van der Waals surface area contributed by atoms with Crippen molar-refractivity contribution in [3.8, 4) is 0 Å². The molecule has 30 heavy (non-hydrogen) atoms. The lowest BCUT2D eigenvalue weighted by Gasteiger charge is -2.24. The van der Waals surface area contributed by atoms with E-state index in [0.29, 0.717) is 12.0 Å². The Kier molecular flexibility index (Phi) is 5.63. The van der Waals surface area contributed by atoms with E-state index in [1.807, 2.05) is 35.2 Å². The Morgan fingerprint density at radius 3 is 2.50 bits per heavy atom. The molecule has 1 atom stereocenters. The average Bonchev–Trinajstić information content (AvgIpc) is 2.72. The lowest BCUT2D eigenvalue weighted by atomic mass is 9.79. The van der Waals surface area contributed by atoms with E-state index in [4.69, 9.17) is 0 Å². The molecule has 0 spiro atoms. The first-order chi connectivity index (χ1) is 14.4. The summed E-state index contributed by atoms with van der Waals surface area (Å²) in [7, 11) is 0. The quantitative estimate of drug-likeness (QED) is 0.456. The number of nitrogens with zero attached hydrogens (tertiary/aromatic N) is 1. The third kappa shape index (κ3) is 4.25. The first kappa shape index (κ1) is 20.2. The van der Waals surface area contributed by atoms with Crippen LogP contribution in [0.4, 0.5) is 0 Å². The summed E-state index contributed by atoms with van der Waals surface area (Å²) in [6.45, 7) is 6.46. The molecular weight excluding hydrogens is 370 g/mol. The molecule has 4 rings (SSSR count). The molecule has 1 unspecified atom stereocenters. The number of carbonyl (C=O) groups is 2. The van der Waals surface area contributed by atoms with Gasteiger partial charge in [0.1, 0.15) is 0 Å². The summed E-state index contributed by atoms with van der Waals surface area (Å²) in [5.41, 5.74) is 7.32. The van der Waals surface area contributed by atoms with Gasteiger partial charge in [0.2, 0.25) is 0 Å². The van der Waals surface area contributed by atoms with E-state index in [9.17, 15) is 9.59 Å². The maximum Gasteiger partial charge on any atom is 0.180 e. The molecular formula is C27H28NO2+. The number of rotatable bonds is 5. The van der Waals surface area contributed by atoms with Gasteiger partial charge in [0.25, 0.3) is 0 Å². The Morgan fingerprint density at radius 1 is 1.03 bits per heavy atom. The zero-order valence-corrected chi connectivity index (χ0v) is 17.9. The predicted octanol–water partition coefficient (Wildman–Crippen LogP) is 4.83. The Morgan fingerprint density at radius 2 is 1.77 bits per heavy atom. The van der Waals surface area contributed by atoms with Gasteiger partial charge >= 0.3 is 0 Å². The Bertz CT molecular complexity index is 1110. The maximum atomic E-state index is 13.1. The zero-order valence-electron chi connectivity index (χ0n) is 17.9. The molecule has 3 nitrogen and oxygen atoms in total. The van der Waals surface area contributed by atoms with Crippen LogP contribution in [-0.4, -0.2) is 11.6 Å². The van der Waals surface area contributed by atoms with Crippen LogP contribution in [0.2, 0.25) is 0 Å². The van der Waals surface area contributed by atoms with Crippen LogP contribution in [0.25, 0.3) is 0 Å². The number of pyridine rings is 1. The Labute approximate surface area is 178 Å². The van der Waals surface area contributed by atoms with Gasteiger partial charge in [0, 0.05) is 23.1 Å². The highest BCUT2D eigenvalue weighted by Gasteiger charge is 2.29. The normalized spacial score (nSPS) is 15.7. The lowest BCUT2D eigenvalue weighted by Crippen LogP contribution is -2.35. The molecule has 0 bridgehead atoms. The lowest BCUT2D eigenvalue weighted by molar-refractivity contribution is -0.688. The van der Waals surface area contributed by atoms with Crippen molar-refractivity contribution in [3.05, 3.63) is 99.9 Å². The van der Waals surface area contributed by atoms with Crippen LogP contribution in [0.5, 0.6) is 0 Å². The van der Waals surface area contributed by atoms with Gasteiger partial charge in [-0.3, -0.25) is 9.59 Å². The minimum atomic E-state index is -0.0637. The number of benzene rings is 2. The molecule has 152 valence electrons. The third-order valence-electron chi connectivity index (χ3n) is 6.10. The number of aryl methyl sites for hydroxylation is 3. The second-order valence-corrected chi connectivity index (χ2v) is 8.56. The molecule has 0 amide bonds. The van der Waals surface area contributed by atoms with Gasteiger partial charge < -0.3 is 0 Å². The molecule has 0 saturated carbocycles. The zero-order chi connectivity index (χ0) is 21.3. The Hall–Kier alpha value is -3.07. The van der Waals surface area contributed by atoms with Crippen molar-refractivity contribution in [2.24, 2.45) is 5.92 Å². The van der Waals surface area contributed by atoms with Gasteiger partial charge in [0.15, 0.2) is 30.5 Å². The topological polar surface area (TPSA) is 38.0 Å². The maximum absolute atomic E-state index is 13.1. The minimum absolute atomic E-state index is 0.0440. The fourth-order valence-corrected chi connectivity index (χ4v) is 4.38. The monoisotopic (exact) mass is 398 g/mol. The number of hydrogen-bond acceptors (Lipinski definition) is 2. The van der Waals surface area contributed by atoms with E-state index in [1.165, 1.54) is 16.7 Å². The molecule has 1 aliphatic rings. The summed E-state index contributed by atoms with van der Waals surface area (Å²) >= 11 is 0. The number of Topliss-reactive ketones (excluding diaryl/α,β-unsaturated/α-hetero) is 2. The standard InChI is InChI=1S/C27H28NO2/c1-18-4-7-21(8-5-18)16-28-13-12-23(26(17-28)20(3)29)15-24-10-9-22-14-19(2)6-11-25(22)27(24)30/h4-8,11-14,17,24H,9-10,15-16H2,1-3H3/q+1. The van der Waals surface area contributed by atoms with Crippen molar-refractivity contribution in [1.29, 1.82) is 0 Å². The number of carbonyl (C=O) groups excluding carboxylic acids is 2. The highest BCUT2D eigenvalue weighted by Crippen LogP contribution is 2.29. The fourth-order valence-electron chi connectivity index (χ4n) is 4.38. The number of aromatic nitrogens is 1. The van der Waals surface area contributed by atoms with Crippen LogP contribution in [0.1, 0.15) is 61.9 Å². The van der Waals surface area contributed by atoms with E-state index < -0.39 is 0 Å². The van der Waals surface area contributed by atoms with Crippen molar-refractivity contribution in [2.75, 3.05) is 0 Å². The van der Waals surface area contributed by atoms with Gasteiger partial charge in [-0.2, -0.15) is 0 Å². The molecule has 0 saturated heterocycles. The van der Waals surface area contributed by atoms with Crippen LogP contribution in [0, 0.1) is 19.8 Å². The number of hydrogen-bond donors (Lipinski definition) is 0. The summed E-state index contributed by atoms with van der Waals surface area (Å²) in [5, 5.41) is 0. The first-order valence-electron chi connectivity index (χ1n) is 10.6. The van der Waals surface area contributed by atoms with E-state index in [-0.39, 0.29) is 17.5 Å².